The van der Waals surface area contributed by atoms with Crippen molar-refractivity contribution in [2.45, 2.75) is 19.3 Å². The van der Waals surface area contributed by atoms with Crippen LogP contribution in [0.25, 0.3) is 0 Å². The molecule has 1 atom stereocenters. The molecule has 98 valence electrons. The van der Waals surface area contributed by atoms with Gasteiger partial charge in [-0.25, -0.2) is 4.39 Å². The van der Waals surface area contributed by atoms with Crippen LogP contribution in [0.3, 0.4) is 0 Å². The third-order valence-corrected chi connectivity index (χ3v) is 2.79. The van der Waals surface area contributed by atoms with Crippen LogP contribution in [0.15, 0.2) is 36.5 Å². The molecule has 5 heteroatoms. The van der Waals surface area contributed by atoms with Gasteiger partial charge >= 0.3 is 5.97 Å². The number of benzene rings is 1. The van der Waals surface area contributed by atoms with Gasteiger partial charge in [-0.05, 0) is 42.7 Å². The van der Waals surface area contributed by atoms with E-state index < -0.39 is 11.9 Å². The van der Waals surface area contributed by atoms with E-state index in [4.69, 9.17) is 0 Å². The third kappa shape index (κ3) is 3.34. The van der Waals surface area contributed by atoms with Crippen molar-refractivity contribution in [1.82, 2.24) is 10.2 Å². The van der Waals surface area contributed by atoms with Crippen molar-refractivity contribution < 1.29 is 14.3 Å². The smallest absolute Gasteiger partial charge is 0.313 e. The van der Waals surface area contributed by atoms with Gasteiger partial charge in [-0.15, -0.1) is 0 Å². The molecule has 1 unspecified atom stereocenters. The van der Waals surface area contributed by atoms with Crippen LogP contribution in [0, 0.1) is 12.7 Å². The minimum atomic E-state index is -0.996. The highest BCUT2D eigenvalue weighted by molar-refractivity contribution is 5.75. The van der Waals surface area contributed by atoms with E-state index in [2.05, 4.69) is 10.2 Å². The number of nitrogens with zero attached hydrogens (tertiary/aromatic N) is 2. The number of rotatable bonds is 4. The Balaban J connectivity index is 2.29. The number of aryl methyl sites for hydroxylation is 1. The Labute approximate surface area is 109 Å². The largest absolute Gasteiger partial charge is 0.481 e. The summed E-state index contributed by atoms with van der Waals surface area (Å²) >= 11 is 0. The molecule has 0 amide bonds. The first-order chi connectivity index (χ1) is 9.06. The normalized spacial score (nSPS) is 12.1. The monoisotopic (exact) mass is 260 g/mol. The van der Waals surface area contributed by atoms with E-state index in [-0.39, 0.29) is 12.2 Å². The fraction of sp³-hybridized carbons (Fsp3) is 0.214. The van der Waals surface area contributed by atoms with Gasteiger partial charge in [0.25, 0.3) is 0 Å². The molecule has 0 fully saturated rings. The summed E-state index contributed by atoms with van der Waals surface area (Å²) in [4.78, 5) is 11.3. The Kier molecular flexibility index (Phi) is 3.85. The first kappa shape index (κ1) is 13.1. The van der Waals surface area contributed by atoms with E-state index in [1.807, 2.05) is 6.92 Å². The van der Waals surface area contributed by atoms with E-state index >= 15 is 0 Å². The second-order valence-corrected chi connectivity index (χ2v) is 4.38. The summed E-state index contributed by atoms with van der Waals surface area (Å²) in [5.41, 5.74) is 1.85. The highest BCUT2D eigenvalue weighted by Gasteiger charge is 2.22. The van der Waals surface area contributed by atoms with Gasteiger partial charge in [0.1, 0.15) is 11.7 Å². The van der Waals surface area contributed by atoms with Crippen molar-refractivity contribution in [3.63, 3.8) is 0 Å². The number of aliphatic carboxylic acids is 1. The van der Waals surface area contributed by atoms with Crippen LogP contribution in [-0.2, 0) is 11.2 Å². The van der Waals surface area contributed by atoms with Crippen molar-refractivity contribution in [2.75, 3.05) is 0 Å². The third-order valence-electron chi connectivity index (χ3n) is 2.79. The van der Waals surface area contributed by atoms with Crippen LogP contribution in [0.4, 0.5) is 4.39 Å². The zero-order chi connectivity index (χ0) is 13.8. The average molecular weight is 260 g/mol. The molecule has 0 aliphatic carbocycles. The van der Waals surface area contributed by atoms with Gasteiger partial charge < -0.3 is 5.11 Å². The van der Waals surface area contributed by atoms with Crippen molar-refractivity contribution >= 4 is 5.97 Å². The first-order valence-electron chi connectivity index (χ1n) is 5.83. The fourth-order valence-corrected chi connectivity index (χ4v) is 1.87. The minimum absolute atomic E-state index is 0.186. The molecule has 2 aromatic rings. The summed E-state index contributed by atoms with van der Waals surface area (Å²) in [6.45, 7) is 1.82. The number of aromatic nitrogens is 2. The van der Waals surface area contributed by atoms with Gasteiger partial charge in [0, 0.05) is 0 Å². The molecule has 0 aliphatic heterocycles. The topological polar surface area (TPSA) is 63.1 Å². The number of carboxylic acid groups (broad SMARTS) is 1. The van der Waals surface area contributed by atoms with Crippen molar-refractivity contribution in [3.8, 4) is 0 Å². The Morgan fingerprint density at radius 3 is 2.84 bits per heavy atom. The number of carboxylic acids is 1. The van der Waals surface area contributed by atoms with Crippen LogP contribution >= 0.6 is 0 Å². The van der Waals surface area contributed by atoms with Crippen molar-refractivity contribution in [2.24, 2.45) is 0 Å². The molecular weight excluding hydrogens is 247 g/mol. The number of halogens is 1. The maximum Gasteiger partial charge on any atom is 0.313 e. The second-order valence-electron chi connectivity index (χ2n) is 4.38. The average Bonchev–Trinajstić information content (AvgIpc) is 2.35. The summed E-state index contributed by atoms with van der Waals surface area (Å²) in [7, 11) is 0. The molecule has 0 aliphatic rings. The zero-order valence-corrected chi connectivity index (χ0v) is 10.4. The quantitative estimate of drug-likeness (QED) is 0.916. The Bertz CT molecular complexity index is 602. The number of hydrogen-bond donors (Lipinski definition) is 1. The molecule has 19 heavy (non-hydrogen) atoms. The van der Waals surface area contributed by atoms with Gasteiger partial charge in [0.05, 0.1) is 11.9 Å². The summed E-state index contributed by atoms with van der Waals surface area (Å²) in [6.07, 6.45) is 1.75. The molecular formula is C14H13FN2O2. The van der Waals surface area contributed by atoms with E-state index in [0.717, 1.165) is 5.56 Å². The van der Waals surface area contributed by atoms with E-state index in [0.29, 0.717) is 11.3 Å². The molecule has 2 rings (SSSR count). The van der Waals surface area contributed by atoms with Gasteiger partial charge in [0.15, 0.2) is 0 Å². The van der Waals surface area contributed by atoms with Crippen LogP contribution in [0.5, 0.6) is 0 Å². The first-order valence-corrected chi connectivity index (χ1v) is 5.83. The summed E-state index contributed by atoms with van der Waals surface area (Å²) in [6, 6.07) is 7.60. The second kappa shape index (κ2) is 5.56. The highest BCUT2D eigenvalue weighted by atomic mass is 19.1. The lowest BCUT2D eigenvalue weighted by Crippen LogP contribution is -2.16. The van der Waals surface area contributed by atoms with Crippen LogP contribution in [0.2, 0.25) is 0 Å². The van der Waals surface area contributed by atoms with Gasteiger partial charge in [-0.3, -0.25) is 4.79 Å². The lowest BCUT2D eigenvalue weighted by molar-refractivity contribution is -0.138. The molecule has 1 aromatic carbocycles. The number of hydrogen-bond acceptors (Lipinski definition) is 3. The molecule has 0 radical (unpaired) electrons. The maximum atomic E-state index is 13.1. The maximum absolute atomic E-state index is 13.1. The predicted octanol–water partition coefficient (Wildman–Crippen LogP) is 2.34. The van der Waals surface area contributed by atoms with Gasteiger partial charge in [0.2, 0.25) is 0 Å². The molecule has 0 bridgehead atoms. The summed E-state index contributed by atoms with van der Waals surface area (Å²) in [5, 5.41) is 16.9. The zero-order valence-electron chi connectivity index (χ0n) is 10.4. The predicted molar refractivity (Wildman–Crippen MR) is 67.2 cm³/mol. The molecule has 0 saturated heterocycles. The molecule has 1 aromatic heterocycles. The Hall–Kier alpha value is -2.30. The standard InChI is InChI=1S/C14H13FN2O2/c1-9-5-13(17-16-8-9)12(14(18)19)7-10-3-2-4-11(15)6-10/h2-6,8,12H,7H2,1H3,(H,18,19). The summed E-state index contributed by atoms with van der Waals surface area (Å²) in [5.74, 6) is -2.20. The molecule has 4 nitrogen and oxygen atoms in total. The van der Waals surface area contributed by atoms with E-state index in [1.54, 1.807) is 24.4 Å². The van der Waals surface area contributed by atoms with Gasteiger partial charge in [-0.2, -0.15) is 10.2 Å². The van der Waals surface area contributed by atoms with Crippen LogP contribution in [-0.4, -0.2) is 21.3 Å². The van der Waals surface area contributed by atoms with E-state index in [9.17, 15) is 14.3 Å². The van der Waals surface area contributed by atoms with Crippen LogP contribution < -0.4 is 0 Å². The van der Waals surface area contributed by atoms with Crippen LogP contribution in [0.1, 0.15) is 22.7 Å². The molecule has 0 spiro atoms. The molecule has 0 saturated carbocycles. The molecule has 1 heterocycles. The Morgan fingerprint density at radius 2 is 2.21 bits per heavy atom. The van der Waals surface area contributed by atoms with Crippen molar-refractivity contribution in [1.29, 1.82) is 0 Å². The van der Waals surface area contributed by atoms with E-state index in [1.165, 1.54) is 12.1 Å². The lowest BCUT2D eigenvalue weighted by Gasteiger charge is -2.11. The fourth-order valence-electron chi connectivity index (χ4n) is 1.87. The minimum Gasteiger partial charge on any atom is -0.481 e. The lowest BCUT2D eigenvalue weighted by atomic mass is 9.95. The SMILES string of the molecule is Cc1cnnc(C(Cc2cccc(F)c2)C(=O)O)c1. The number of carbonyl (C=O) groups is 1. The Morgan fingerprint density at radius 1 is 1.42 bits per heavy atom. The summed E-state index contributed by atoms with van der Waals surface area (Å²) < 4.78 is 13.1. The highest BCUT2D eigenvalue weighted by Crippen LogP contribution is 2.20. The van der Waals surface area contributed by atoms with Gasteiger partial charge in [-0.1, -0.05) is 12.1 Å². The van der Waals surface area contributed by atoms with Crippen molar-refractivity contribution in [3.05, 3.63) is 59.2 Å². The molecule has 1 N–H and O–H groups in total.